The van der Waals surface area contributed by atoms with E-state index in [9.17, 15) is 9.18 Å². The Morgan fingerprint density at radius 2 is 1.88 bits per heavy atom. The second-order valence-electron chi connectivity index (χ2n) is 9.17. The van der Waals surface area contributed by atoms with Crippen LogP contribution in [-0.4, -0.2) is 25.5 Å². The molecule has 2 heterocycles. The molecule has 4 aromatic rings. The van der Waals surface area contributed by atoms with Crippen molar-refractivity contribution in [3.8, 4) is 5.69 Å². The number of nitrogens with zero attached hydrogens (tertiary/aromatic N) is 4. The van der Waals surface area contributed by atoms with Gasteiger partial charge in [0.2, 0.25) is 0 Å². The number of nitrogens with one attached hydrogen (secondary N) is 1. The Kier molecular flexibility index (Phi) is 5.05. The van der Waals surface area contributed by atoms with Crippen LogP contribution in [0.25, 0.3) is 5.69 Å². The van der Waals surface area contributed by atoms with E-state index in [0.717, 1.165) is 55.3 Å². The summed E-state index contributed by atoms with van der Waals surface area (Å²) in [5.74, 6) is 0.0672. The van der Waals surface area contributed by atoms with Gasteiger partial charge in [-0.15, -0.1) is 0 Å². The number of para-hydroxylation sites is 1. The molecule has 0 fully saturated rings. The molecule has 1 N–H and O–H groups in total. The molecule has 6 rings (SSSR count). The first kappa shape index (κ1) is 20.8. The molecule has 2 aromatic heterocycles. The van der Waals surface area contributed by atoms with Crippen LogP contribution < -0.4 is 5.32 Å². The molecule has 1 unspecified atom stereocenters. The fraction of sp³-hybridized carbons (Fsp3) is 0.296. The van der Waals surface area contributed by atoms with Gasteiger partial charge in [-0.3, -0.25) is 4.79 Å². The van der Waals surface area contributed by atoms with Gasteiger partial charge in [0.25, 0.3) is 5.91 Å². The SMILES string of the molecule is Cc1cnn(C2CCCc3ccccc32)c1NC(=O)c1nn(-c2ccccc2F)c2c1CCC2. The molecule has 34 heavy (non-hydrogen) atoms. The molecule has 7 heteroatoms. The maximum Gasteiger partial charge on any atom is 0.277 e. The van der Waals surface area contributed by atoms with Crippen LogP contribution in [0.1, 0.15) is 63.7 Å². The molecule has 0 radical (unpaired) electrons. The van der Waals surface area contributed by atoms with Gasteiger partial charge in [0, 0.05) is 16.8 Å². The van der Waals surface area contributed by atoms with E-state index in [-0.39, 0.29) is 17.8 Å². The van der Waals surface area contributed by atoms with Crippen molar-refractivity contribution in [2.75, 3.05) is 5.32 Å². The number of carbonyl (C=O) groups is 1. The Morgan fingerprint density at radius 3 is 2.76 bits per heavy atom. The van der Waals surface area contributed by atoms with Crippen molar-refractivity contribution in [3.63, 3.8) is 0 Å². The molecule has 1 atom stereocenters. The van der Waals surface area contributed by atoms with Crippen molar-refractivity contribution in [1.29, 1.82) is 0 Å². The molecule has 2 aliphatic carbocycles. The van der Waals surface area contributed by atoms with E-state index in [1.54, 1.807) is 29.1 Å². The predicted octanol–water partition coefficient (Wildman–Crippen LogP) is 5.18. The van der Waals surface area contributed by atoms with Crippen molar-refractivity contribution in [2.24, 2.45) is 0 Å². The summed E-state index contributed by atoms with van der Waals surface area (Å²) in [6, 6.07) is 15.1. The summed E-state index contributed by atoms with van der Waals surface area (Å²) in [5.41, 5.74) is 6.07. The molecule has 0 saturated heterocycles. The third-order valence-corrected chi connectivity index (χ3v) is 7.07. The van der Waals surface area contributed by atoms with Crippen molar-refractivity contribution in [2.45, 2.75) is 51.5 Å². The standard InChI is InChI=1S/C27H26FN5O/c1-17-16-29-33(22-14-6-9-18-8-2-3-10-19(18)22)26(17)30-27(34)25-20-11-7-15-23(20)32(31-25)24-13-5-4-12-21(24)28/h2-5,8,10,12-13,16,22H,6-7,9,11,14-15H2,1H3,(H,30,34). The molecular weight excluding hydrogens is 429 g/mol. The van der Waals surface area contributed by atoms with Crippen molar-refractivity contribution in [3.05, 3.63) is 94.2 Å². The smallest absolute Gasteiger partial charge is 0.277 e. The van der Waals surface area contributed by atoms with Crippen molar-refractivity contribution >= 4 is 11.7 Å². The van der Waals surface area contributed by atoms with Crippen LogP contribution in [0.3, 0.4) is 0 Å². The van der Waals surface area contributed by atoms with Gasteiger partial charge in [-0.1, -0.05) is 36.4 Å². The second kappa shape index (κ2) is 8.24. The first-order chi connectivity index (χ1) is 16.6. The summed E-state index contributed by atoms with van der Waals surface area (Å²) in [6.07, 6.45) is 7.38. The van der Waals surface area contributed by atoms with E-state index in [0.29, 0.717) is 17.2 Å². The highest BCUT2D eigenvalue weighted by molar-refractivity contribution is 6.04. The molecule has 0 spiro atoms. The zero-order valence-corrected chi connectivity index (χ0v) is 19.1. The third kappa shape index (κ3) is 3.34. The number of aromatic nitrogens is 4. The Labute approximate surface area is 197 Å². The number of benzene rings is 2. The first-order valence-electron chi connectivity index (χ1n) is 11.9. The zero-order chi connectivity index (χ0) is 23.2. The van der Waals surface area contributed by atoms with E-state index in [4.69, 9.17) is 0 Å². The summed E-state index contributed by atoms with van der Waals surface area (Å²) in [4.78, 5) is 13.5. The average molecular weight is 456 g/mol. The second-order valence-corrected chi connectivity index (χ2v) is 9.17. The highest BCUT2D eigenvalue weighted by atomic mass is 19.1. The largest absolute Gasteiger partial charge is 0.305 e. The van der Waals surface area contributed by atoms with E-state index in [1.807, 2.05) is 11.6 Å². The maximum absolute atomic E-state index is 14.5. The minimum Gasteiger partial charge on any atom is -0.305 e. The minimum absolute atomic E-state index is 0.0793. The van der Waals surface area contributed by atoms with E-state index < -0.39 is 0 Å². The van der Waals surface area contributed by atoms with Crippen LogP contribution in [0.5, 0.6) is 0 Å². The Balaban J connectivity index is 1.36. The lowest BCUT2D eigenvalue weighted by molar-refractivity contribution is 0.101. The predicted molar refractivity (Wildman–Crippen MR) is 128 cm³/mol. The molecule has 0 aliphatic heterocycles. The number of aryl methyl sites for hydroxylation is 2. The Bertz CT molecular complexity index is 1400. The number of amides is 1. The average Bonchev–Trinajstić information content (AvgIpc) is 3.56. The van der Waals surface area contributed by atoms with Gasteiger partial charge in [-0.05, 0) is 68.7 Å². The number of hydrogen-bond donors (Lipinski definition) is 1. The van der Waals surface area contributed by atoms with Crippen LogP contribution in [0, 0.1) is 12.7 Å². The van der Waals surface area contributed by atoms with Crippen LogP contribution in [-0.2, 0) is 19.3 Å². The lowest BCUT2D eigenvalue weighted by atomic mass is 9.88. The quantitative estimate of drug-likeness (QED) is 0.461. The highest BCUT2D eigenvalue weighted by Crippen LogP contribution is 2.35. The molecule has 0 saturated carbocycles. The maximum atomic E-state index is 14.5. The number of rotatable bonds is 4. The van der Waals surface area contributed by atoms with E-state index in [1.165, 1.54) is 17.2 Å². The number of halogens is 1. The third-order valence-electron chi connectivity index (χ3n) is 7.07. The molecular formula is C27H26FN5O. The van der Waals surface area contributed by atoms with Gasteiger partial charge in [0.05, 0.1) is 12.2 Å². The first-order valence-corrected chi connectivity index (χ1v) is 11.9. The van der Waals surface area contributed by atoms with E-state index in [2.05, 4.69) is 39.8 Å². The molecule has 2 aliphatic rings. The summed E-state index contributed by atoms with van der Waals surface area (Å²) in [5, 5.41) is 12.3. The fourth-order valence-corrected chi connectivity index (χ4v) is 5.43. The molecule has 1 amide bonds. The monoisotopic (exact) mass is 455 g/mol. The fourth-order valence-electron chi connectivity index (χ4n) is 5.43. The zero-order valence-electron chi connectivity index (χ0n) is 19.1. The van der Waals surface area contributed by atoms with Crippen molar-refractivity contribution < 1.29 is 9.18 Å². The number of hydrogen-bond acceptors (Lipinski definition) is 3. The topological polar surface area (TPSA) is 64.7 Å². The summed E-state index contributed by atoms with van der Waals surface area (Å²) in [6.45, 7) is 1.95. The molecule has 2 aromatic carbocycles. The number of anilines is 1. The van der Waals surface area contributed by atoms with Gasteiger partial charge in [0.1, 0.15) is 17.3 Å². The highest BCUT2D eigenvalue weighted by Gasteiger charge is 2.30. The van der Waals surface area contributed by atoms with Gasteiger partial charge >= 0.3 is 0 Å². The normalized spacial score (nSPS) is 16.8. The summed E-state index contributed by atoms with van der Waals surface area (Å²) >= 11 is 0. The van der Waals surface area contributed by atoms with Crippen LogP contribution in [0.2, 0.25) is 0 Å². The van der Waals surface area contributed by atoms with E-state index >= 15 is 0 Å². The summed E-state index contributed by atoms with van der Waals surface area (Å²) in [7, 11) is 0. The van der Waals surface area contributed by atoms with Gasteiger partial charge in [0.15, 0.2) is 5.69 Å². The minimum atomic E-state index is -0.350. The van der Waals surface area contributed by atoms with Crippen LogP contribution in [0.15, 0.2) is 54.7 Å². The Hall–Kier alpha value is -3.74. The van der Waals surface area contributed by atoms with Crippen LogP contribution in [0.4, 0.5) is 10.2 Å². The lowest BCUT2D eigenvalue weighted by Gasteiger charge is -2.27. The van der Waals surface area contributed by atoms with Crippen molar-refractivity contribution in [1.82, 2.24) is 19.6 Å². The van der Waals surface area contributed by atoms with Gasteiger partial charge < -0.3 is 5.32 Å². The number of fused-ring (bicyclic) bond motifs is 2. The lowest BCUT2D eigenvalue weighted by Crippen LogP contribution is -2.23. The molecule has 6 nitrogen and oxygen atoms in total. The summed E-state index contributed by atoms with van der Waals surface area (Å²) < 4.78 is 18.1. The Morgan fingerprint density at radius 1 is 1.06 bits per heavy atom. The van der Waals surface area contributed by atoms with Gasteiger partial charge in [-0.2, -0.15) is 10.2 Å². The van der Waals surface area contributed by atoms with Crippen LogP contribution >= 0.6 is 0 Å². The number of carbonyl (C=O) groups excluding carboxylic acids is 1. The van der Waals surface area contributed by atoms with Gasteiger partial charge in [-0.25, -0.2) is 13.8 Å². The molecule has 172 valence electrons. The molecule has 0 bridgehead atoms.